The van der Waals surface area contributed by atoms with Crippen LogP contribution in [0.15, 0.2) is 47.4 Å². The predicted octanol–water partition coefficient (Wildman–Crippen LogP) is 2.71. The molecule has 156 valence electrons. The molecule has 0 aliphatic carbocycles. The lowest BCUT2D eigenvalue weighted by atomic mass is 10.2. The molecule has 0 spiro atoms. The number of hydrogen-bond acceptors (Lipinski definition) is 6. The fourth-order valence-electron chi connectivity index (χ4n) is 2.51. The summed E-state index contributed by atoms with van der Waals surface area (Å²) in [6.07, 6.45) is -3.91. The van der Waals surface area contributed by atoms with Crippen LogP contribution in [0.5, 0.6) is 17.2 Å². The minimum atomic E-state index is -3.79. The SMILES string of the molecule is CCOc1ccc(S(=O)(=O)NCCC(=O)Nc2ccc3c(c2)OC(F)(F)O3)cc1. The highest BCUT2D eigenvalue weighted by molar-refractivity contribution is 7.89. The number of nitrogens with one attached hydrogen (secondary N) is 2. The van der Waals surface area contributed by atoms with E-state index in [9.17, 15) is 22.0 Å². The standard InChI is InChI=1S/C18H18F2N2O6S/c1-2-26-13-4-6-14(7-5-13)29(24,25)21-10-9-17(23)22-12-3-8-15-16(11-12)28-18(19,20)27-15/h3-8,11,21H,2,9-10H2,1H3,(H,22,23). The molecule has 29 heavy (non-hydrogen) atoms. The molecule has 0 aromatic heterocycles. The Kier molecular flexibility index (Phi) is 5.89. The van der Waals surface area contributed by atoms with Gasteiger partial charge in [-0.05, 0) is 43.3 Å². The molecule has 2 aromatic rings. The summed E-state index contributed by atoms with van der Waals surface area (Å²) in [6, 6.07) is 9.66. The van der Waals surface area contributed by atoms with Crippen molar-refractivity contribution in [3.8, 4) is 17.2 Å². The van der Waals surface area contributed by atoms with Crippen molar-refractivity contribution in [3.63, 3.8) is 0 Å². The minimum Gasteiger partial charge on any atom is -0.494 e. The second-order valence-corrected chi connectivity index (χ2v) is 7.70. The van der Waals surface area contributed by atoms with E-state index in [0.717, 1.165) is 0 Å². The normalized spacial score (nSPS) is 14.4. The van der Waals surface area contributed by atoms with E-state index in [1.807, 2.05) is 6.92 Å². The maximum atomic E-state index is 13.0. The van der Waals surface area contributed by atoms with Crippen molar-refractivity contribution in [1.29, 1.82) is 0 Å². The summed E-state index contributed by atoms with van der Waals surface area (Å²) >= 11 is 0. The number of halogens is 2. The molecule has 1 aliphatic rings. The second-order valence-electron chi connectivity index (χ2n) is 5.93. The van der Waals surface area contributed by atoms with Gasteiger partial charge in [0.15, 0.2) is 11.5 Å². The molecule has 1 aliphatic heterocycles. The van der Waals surface area contributed by atoms with E-state index in [1.165, 1.54) is 42.5 Å². The number of alkyl halides is 2. The summed E-state index contributed by atoms with van der Waals surface area (Å²) in [4.78, 5) is 12.0. The molecule has 11 heteroatoms. The Hall–Kier alpha value is -2.92. The molecular formula is C18H18F2N2O6S. The summed E-state index contributed by atoms with van der Waals surface area (Å²) < 4.78 is 66.7. The molecule has 0 saturated carbocycles. The fourth-order valence-corrected chi connectivity index (χ4v) is 3.55. The number of rotatable bonds is 8. The van der Waals surface area contributed by atoms with Crippen molar-refractivity contribution in [2.24, 2.45) is 0 Å². The number of anilines is 1. The number of carbonyl (C=O) groups excluding carboxylic acids is 1. The number of amides is 1. The fraction of sp³-hybridized carbons (Fsp3) is 0.278. The van der Waals surface area contributed by atoms with Crippen LogP contribution in [0, 0.1) is 0 Å². The third-order valence-corrected chi connectivity index (χ3v) is 5.25. The van der Waals surface area contributed by atoms with Gasteiger partial charge in [0, 0.05) is 24.7 Å². The third-order valence-electron chi connectivity index (χ3n) is 3.77. The lowest BCUT2D eigenvalue weighted by molar-refractivity contribution is -0.286. The number of benzene rings is 2. The summed E-state index contributed by atoms with van der Waals surface area (Å²) in [6.45, 7) is 2.13. The zero-order chi connectivity index (χ0) is 21.1. The highest BCUT2D eigenvalue weighted by atomic mass is 32.2. The van der Waals surface area contributed by atoms with Gasteiger partial charge in [0.25, 0.3) is 0 Å². The summed E-state index contributed by atoms with van der Waals surface area (Å²) in [5.74, 6) is -0.308. The number of carbonyl (C=O) groups is 1. The van der Waals surface area contributed by atoms with Crippen LogP contribution in [-0.4, -0.2) is 33.8 Å². The van der Waals surface area contributed by atoms with Crippen LogP contribution in [0.25, 0.3) is 0 Å². The topological polar surface area (TPSA) is 103 Å². The van der Waals surface area contributed by atoms with E-state index in [4.69, 9.17) is 4.74 Å². The van der Waals surface area contributed by atoms with E-state index < -0.39 is 22.2 Å². The third kappa shape index (κ3) is 5.33. The Morgan fingerprint density at radius 1 is 1.10 bits per heavy atom. The van der Waals surface area contributed by atoms with Crippen molar-refractivity contribution in [2.45, 2.75) is 24.5 Å². The quantitative estimate of drug-likeness (QED) is 0.670. The molecule has 0 unspecified atom stereocenters. The molecule has 0 bridgehead atoms. The van der Waals surface area contributed by atoms with Gasteiger partial charge in [-0.2, -0.15) is 0 Å². The van der Waals surface area contributed by atoms with Crippen LogP contribution in [-0.2, 0) is 14.8 Å². The number of hydrogen-bond donors (Lipinski definition) is 2. The van der Waals surface area contributed by atoms with Gasteiger partial charge in [0.05, 0.1) is 11.5 Å². The van der Waals surface area contributed by atoms with Crippen LogP contribution in [0.3, 0.4) is 0 Å². The van der Waals surface area contributed by atoms with E-state index in [-0.39, 0.29) is 35.0 Å². The van der Waals surface area contributed by atoms with Gasteiger partial charge in [-0.15, -0.1) is 8.78 Å². The Morgan fingerprint density at radius 3 is 2.48 bits per heavy atom. The average Bonchev–Trinajstić information content (AvgIpc) is 2.95. The average molecular weight is 428 g/mol. The van der Waals surface area contributed by atoms with Crippen LogP contribution >= 0.6 is 0 Å². The Balaban J connectivity index is 1.51. The van der Waals surface area contributed by atoms with Crippen LogP contribution < -0.4 is 24.2 Å². The van der Waals surface area contributed by atoms with Crippen molar-refractivity contribution in [3.05, 3.63) is 42.5 Å². The van der Waals surface area contributed by atoms with Gasteiger partial charge < -0.3 is 19.5 Å². The smallest absolute Gasteiger partial charge is 0.494 e. The zero-order valence-electron chi connectivity index (χ0n) is 15.3. The Morgan fingerprint density at radius 2 is 1.79 bits per heavy atom. The molecule has 1 amide bonds. The molecule has 0 fully saturated rings. The van der Waals surface area contributed by atoms with E-state index >= 15 is 0 Å². The second kappa shape index (κ2) is 8.21. The minimum absolute atomic E-state index is 0.0399. The van der Waals surface area contributed by atoms with Gasteiger partial charge in [0.2, 0.25) is 15.9 Å². The van der Waals surface area contributed by atoms with E-state index in [2.05, 4.69) is 19.5 Å². The summed E-state index contributed by atoms with van der Waals surface area (Å²) in [5, 5.41) is 2.48. The van der Waals surface area contributed by atoms with Crippen molar-refractivity contribution < 1.29 is 36.2 Å². The van der Waals surface area contributed by atoms with E-state index in [1.54, 1.807) is 0 Å². The van der Waals surface area contributed by atoms with Crippen molar-refractivity contribution >= 4 is 21.6 Å². The molecule has 2 aromatic carbocycles. The van der Waals surface area contributed by atoms with Crippen molar-refractivity contribution in [1.82, 2.24) is 4.72 Å². The summed E-state index contributed by atoms with van der Waals surface area (Å²) in [5.41, 5.74) is 0.212. The first kappa shape index (κ1) is 20.8. The molecule has 1 heterocycles. The van der Waals surface area contributed by atoms with E-state index in [0.29, 0.717) is 12.4 Å². The molecule has 2 N–H and O–H groups in total. The van der Waals surface area contributed by atoms with Gasteiger partial charge >= 0.3 is 6.29 Å². The maximum Gasteiger partial charge on any atom is 0.586 e. The molecule has 0 atom stereocenters. The molecule has 8 nitrogen and oxygen atoms in total. The van der Waals surface area contributed by atoms with Crippen molar-refractivity contribution in [2.75, 3.05) is 18.5 Å². The number of fused-ring (bicyclic) bond motifs is 1. The first-order valence-corrected chi connectivity index (χ1v) is 10.1. The molecule has 0 saturated heterocycles. The lowest BCUT2D eigenvalue weighted by Crippen LogP contribution is -2.27. The Labute approximate surface area is 165 Å². The first-order valence-electron chi connectivity index (χ1n) is 8.61. The van der Waals surface area contributed by atoms with Gasteiger partial charge in [-0.3, -0.25) is 4.79 Å². The predicted molar refractivity (Wildman–Crippen MR) is 98.7 cm³/mol. The van der Waals surface area contributed by atoms with Crippen LogP contribution in [0.1, 0.15) is 13.3 Å². The van der Waals surface area contributed by atoms with Gasteiger partial charge in [-0.1, -0.05) is 0 Å². The maximum absolute atomic E-state index is 13.0. The number of ether oxygens (including phenoxy) is 3. The summed E-state index contributed by atoms with van der Waals surface area (Å²) in [7, 11) is -3.79. The number of sulfonamides is 1. The molecule has 3 rings (SSSR count). The monoisotopic (exact) mass is 428 g/mol. The zero-order valence-corrected chi connectivity index (χ0v) is 16.1. The van der Waals surface area contributed by atoms with Crippen LogP contribution in [0.4, 0.5) is 14.5 Å². The first-order chi connectivity index (χ1) is 13.7. The largest absolute Gasteiger partial charge is 0.586 e. The molecule has 0 radical (unpaired) electrons. The highest BCUT2D eigenvalue weighted by Crippen LogP contribution is 2.42. The van der Waals surface area contributed by atoms with Gasteiger partial charge in [-0.25, -0.2) is 13.1 Å². The van der Waals surface area contributed by atoms with Crippen LogP contribution in [0.2, 0.25) is 0 Å². The highest BCUT2D eigenvalue weighted by Gasteiger charge is 2.43. The Bertz CT molecular complexity index is 996. The lowest BCUT2D eigenvalue weighted by Gasteiger charge is -2.09. The van der Waals surface area contributed by atoms with Gasteiger partial charge in [0.1, 0.15) is 5.75 Å². The molecular weight excluding hydrogens is 410 g/mol.